The summed E-state index contributed by atoms with van der Waals surface area (Å²) in [7, 11) is -6.16. The van der Waals surface area contributed by atoms with Crippen molar-refractivity contribution >= 4 is 32.6 Å². The molecule has 1 N–H and O–H groups in total. The predicted octanol–water partition coefficient (Wildman–Crippen LogP) is 1.72. The van der Waals surface area contributed by atoms with Crippen LogP contribution < -0.4 is 5.48 Å². The van der Waals surface area contributed by atoms with E-state index in [1.54, 1.807) is 12.1 Å². The van der Waals surface area contributed by atoms with E-state index in [4.69, 9.17) is 0 Å². The van der Waals surface area contributed by atoms with Crippen LogP contribution in [0.5, 0.6) is 0 Å². The molecule has 0 atom stereocenters. The minimum Gasteiger partial charge on any atom is -0.267 e. The zero-order chi connectivity index (χ0) is 17.7. The Kier molecular flexibility index (Phi) is 3.49. The SMILES string of the molecule is O=C1NON(S(=O)(=O)C(F)(F)F)C(=O)c2c1ccc1ccccc21. The van der Waals surface area contributed by atoms with Gasteiger partial charge in [0, 0.05) is 0 Å². The molecule has 0 unspecified atom stereocenters. The molecule has 7 nitrogen and oxygen atoms in total. The highest BCUT2D eigenvalue weighted by Crippen LogP contribution is 2.32. The maximum absolute atomic E-state index is 12.7. The van der Waals surface area contributed by atoms with Gasteiger partial charge in [-0.25, -0.2) is 5.48 Å². The highest BCUT2D eigenvalue weighted by molar-refractivity contribution is 7.90. The molecular weight excluding hydrogens is 353 g/mol. The minimum absolute atomic E-state index is 0.114. The quantitative estimate of drug-likeness (QED) is 0.836. The third-order valence-electron chi connectivity index (χ3n) is 3.29. The van der Waals surface area contributed by atoms with Gasteiger partial charge in [0.2, 0.25) is 0 Å². The molecule has 1 heterocycles. The Hall–Kier alpha value is -2.66. The Morgan fingerprint density at radius 2 is 1.71 bits per heavy atom. The van der Waals surface area contributed by atoms with Crippen LogP contribution in [0.1, 0.15) is 20.7 Å². The van der Waals surface area contributed by atoms with E-state index in [9.17, 15) is 31.2 Å². The number of hydrogen-bond acceptors (Lipinski definition) is 5. The maximum Gasteiger partial charge on any atom is 0.519 e. The highest BCUT2D eigenvalue weighted by Gasteiger charge is 2.54. The lowest BCUT2D eigenvalue weighted by molar-refractivity contribution is -0.120. The number of hydroxylamine groups is 2. The van der Waals surface area contributed by atoms with Gasteiger partial charge in [0.25, 0.3) is 11.8 Å². The van der Waals surface area contributed by atoms with Crippen LogP contribution in [0.15, 0.2) is 36.4 Å². The highest BCUT2D eigenvalue weighted by atomic mass is 32.2. The van der Waals surface area contributed by atoms with Crippen molar-refractivity contribution in [3.8, 4) is 0 Å². The number of hydrogen-bond donors (Lipinski definition) is 1. The number of benzene rings is 2. The average molecular weight is 360 g/mol. The smallest absolute Gasteiger partial charge is 0.267 e. The summed E-state index contributed by atoms with van der Waals surface area (Å²) in [6.07, 6.45) is 0. The Labute approximate surface area is 132 Å². The molecule has 1 aliphatic rings. The Morgan fingerprint density at radius 1 is 1.04 bits per heavy atom. The van der Waals surface area contributed by atoms with Crippen molar-refractivity contribution in [2.45, 2.75) is 5.51 Å². The van der Waals surface area contributed by atoms with Gasteiger partial charge in [0.05, 0.1) is 11.1 Å². The van der Waals surface area contributed by atoms with Gasteiger partial charge in [-0.1, -0.05) is 34.8 Å². The zero-order valence-electron chi connectivity index (χ0n) is 11.5. The molecular formula is C13H7F3N2O5S. The summed E-state index contributed by atoms with van der Waals surface area (Å²) in [6.45, 7) is 0. The number of rotatable bonds is 1. The predicted molar refractivity (Wildman–Crippen MR) is 73.6 cm³/mol. The van der Waals surface area contributed by atoms with E-state index >= 15 is 0 Å². The fourth-order valence-corrected chi connectivity index (χ4v) is 2.85. The first kappa shape index (κ1) is 16.2. The molecule has 2 amide bonds. The van der Waals surface area contributed by atoms with Crippen molar-refractivity contribution in [1.29, 1.82) is 0 Å². The van der Waals surface area contributed by atoms with E-state index in [1.165, 1.54) is 29.7 Å². The summed E-state index contributed by atoms with van der Waals surface area (Å²) in [5.74, 6) is -2.68. The van der Waals surface area contributed by atoms with E-state index in [1.807, 2.05) is 0 Å². The Bertz CT molecular complexity index is 971. The van der Waals surface area contributed by atoms with Crippen LogP contribution >= 0.6 is 0 Å². The molecule has 0 saturated carbocycles. The number of carbonyl (C=O) groups is 2. The van der Waals surface area contributed by atoms with Crippen LogP contribution in [-0.2, 0) is 15.0 Å². The van der Waals surface area contributed by atoms with Crippen molar-refractivity contribution < 1.29 is 36.1 Å². The first-order valence-corrected chi connectivity index (χ1v) is 7.73. The Balaban J connectivity index is 2.29. The van der Waals surface area contributed by atoms with Gasteiger partial charge >= 0.3 is 15.5 Å². The molecule has 2 aromatic carbocycles. The topological polar surface area (TPSA) is 92.8 Å². The second kappa shape index (κ2) is 5.18. The normalized spacial score (nSPS) is 15.9. The van der Waals surface area contributed by atoms with Crippen LogP contribution in [-0.4, -0.2) is 30.2 Å². The molecule has 24 heavy (non-hydrogen) atoms. The van der Waals surface area contributed by atoms with Gasteiger partial charge in [-0.15, -0.1) is 4.94 Å². The van der Waals surface area contributed by atoms with E-state index in [-0.39, 0.29) is 10.9 Å². The summed E-state index contributed by atoms with van der Waals surface area (Å²) in [5, 5.41) is 0.548. The summed E-state index contributed by atoms with van der Waals surface area (Å²) in [4.78, 5) is 28.5. The molecule has 11 heteroatoms. The molecule has 0 radical (unpaired) electrons. The monoisotopic (exact) mass is 360 g/mol. The molecule has 3 rings (SSSR count). The number of fused-ring (bicyclic) bond motifs is 3. The summed E-state index contributed by atoms with van der Waals surface area (Å²) >= 11 is 0. The third kappa shape index (κ3) is 2.29. The lowest BCUT2D eigenvalue weighted by atomic mass is 9.98. The standard InChI is InChI=1S/C13H7F3N2O5S/c14-13(15,16)24(21,22)18-12(20)10-8-4-2-1-3-7(8)5-6-9(10)11(19)17-23-18/h1-6H,(H,17,19). The van der Waals surface area contributed by atoms with Crippen molar-refractivity contribution in [2.24, 2.45) is 0 Å². The number of nitrogens with one attached hydrogen (secondary N) is 1. The molecule has 0 fully saturated rings. The van der Waals surface area contributed by atoms with Crippen LogP contribution in [0.2, 0.25) is 0 Å². The molecule has 0 bridgehead atoms. The van der Waals surface area contributed by atoms with E-state index in [0.717, 1.165) is 0 Å². The number of alkyl halides is 3. The van der Waals surface area contributed by atoms with Gasteiger partial charge in [-0.05, 0) is 16.8 Å². The molecule has 126 valence electrons. The summed E-state index contributed by atoms with van der Waals surface area (Å²) < 4.78 is 60.4. The minimum atomic E-state index is -6.16. The second-order valence-corrected chi connectivity index (χ2v) is 6.46. The third-order valence-corrected chi connectivity index (χ3v) is 4.55. The molecule has 0 aliphatic carbocycles. The fourth-order valence-electron chi connectivity index (χ4n) is 2.21. The molecule has 0 saturated heterocycles. The summed E-state index contributed by atoms with van der Waals surface area (Å²) in [5.41, 5.74) is -5.09. The first-order chi connectivity index (χ1) is 11.1. The lowest BCUT2D eigenvalue weighted by Gasteiger charge is -2.19. The van der Waals surface area contributed by atoms with E-state index in [0.29, 0.717) is 5.39 Å². The number of carbonyl (C=O) groups excluding carboxylic acids is 2. The van der Waals surface area contributed by atoms with Crippen LogP contribution in [0, 0.1) is 0 Å². The number of halogens is 3. The summed E-state index contributed by atoms with van der Waals surface area (Å²) in [6, 6.07) is 8.68. The maximum atomic E-state index is 12.7. The average Bonchev–Trinajstić information content (AvgIpc) is 2.64. The van der Waals surface area contributed by atoms with Crippen molar-refractivity contribution in [3.05, 3.63) is 47.5 Å². The van der Waals surface area contributed by atoms with Gasteiger partial charge < -0.3 is 0 Å². The second-order valence-electron chi connectivity index (χ2n) is 4.71. The largest absolute Gasteiger partial charge is 0.519 e. The number of nitrogens with zero attached hydrogens (tertiary/aromatic N) is 1. The van der Waals surface area contributed by atoms with Crippen molar-refractivity contribution in [1.82, 2.24) is 9.95 Å². The fraction of sp³-hybridized carbons (Fsp3) is 0.0769. The van der Waals surface area contributed by atoms with Crippen LogP contribution in [0.25, 0.3) is 10.8 Å². The zero-order valence-corrected chi connectivity index (χ0v) is 12.3. The van der Waals surface area contributed by atoms with Crippen molar-refractivity contribution in [3.63, 3.8) is 0 Å². The molecule has 1 aliphatic heterocycles. The van der Waals surface area contributed by atoms with Gasteiger partial charge in [0.15, 0.2) is 0 Å². The molecule has 0 spiro atoms. The number of amides is 2. The van der Waals surface area contributed by atoms with Gasteiger partial charge in [-0.3, -0.25) is 9.59 Å². The van der Waals surface area contributed by atoms with E-state index in [2.05, 4.69) is 4.94 Å². The first-order valence-electron chi connectivity index (χ1n) is 6.29. The lowest BCUT2D eigenvalue weighted by Crippen LogP contribution is -2.46. The van der Waals surface area contributed by atoms with Crippen LogP contribution in [0.3, 0.4) is 0 Å². The van der Waals surface area contributed by atoms with Gasteiger partial charge in [-0.2, -0.15) is 21.6 Å². The van der Waals surface area contributed by atoms with Crippen molar-refractivity contribution in [2.75, 3.05) is 0 Å². The number of sulfonamides is 1. The van der Waals surface area contributed by atoms with Gasteiger partial charge in [0.1, 0.15) is 0 Å². The molecule has 0 aromatic heterocycles. The molecule has 2 aromatic rings. The Morgan fingerprint density at radius 3 is 2.38 bits per heavy atom. The van der Waals surface area contributed by atoms with Crippen LogP contribution in [0.4, 0.5) is 13.2 Å². The van der Waals surface area contributed by atoms with E-state index < -0.39 is 37.4 Å².